The first kappa shape index (κ1) is 23.9. The Hall–Kier alpha value is -3.25. The molecule has 2 N–H and O–H groups in total. The SMILES string of the molecule is CC(C)(O)C(=O)N=S1(=O)CC=C(c2ccc(N3C[C@H](CNc4ccon4)OC3=O)cc2F)CC1. The highest BCUT2D eigenvalue weighted by Crippen LogP contribution is 2.30. The molecule has 3 heterocycles. The molecule has 2 atom stereocenters. The fraction of sp³-hybridized carbons (Fsp3) is 0.409. The minimum atomic E-state index is -2.85. The third-order valence-corrected chi connectivity index (χ3v) is 7.51. The zero-order valence-corrected chi connectivity index (χ0v) is 19.5. The van der Waals surface area contributed by atoms with Crippen molar-refractivity contribution < 1.29 is 32.6 Å². The van der Waals surface area contributed by atoms with Gasteiger partial charge in [0.15, 0.2) is 5.82 Å². The van der Waals surface area contributed by atoms with Crippen LogP contribution < -0.4 is 10.2 Å². The molecule has 1 saturated heterocycles. The topological polar surface area (TPSA) is 134 Å². The quantitative estimate of drug-likeness (QED) is 0.629. The summed E-state index contributed by atoms with van der Waals surface area (Å²) in [6.07, 6.45) is 2.27. The van der Waals surface area contributed by atoms with Crippen LogP contribution in [0.1, 0.15) is 25.8 Å². The van der Waals surface area contributed by atoms with Crippen molar-refractivity contribution in [3.63, 3.8) is 0 Å². The Morgan fingerprint density at radius 2 is 2.21 bits per heavy atom. The van der Waals surface area contributed by atoms with Crippen LogP contribution in [0.4, 0.5) is 20.7 Å². The van der Waals surface area contributed by atoms with E-state index in [9.17, 15) is 23.3 Å². The van der Waals surface area contributed by atoms with E-state index < -0.39 is 39.3 Å². The lowest BCUT2D eigenvalue weighted by Crippen LogP contribution is -2.31. The van der Waals surface area contributed by atoms with Gasteiger partial charge in [-0.25, -0.2) is 13.4 Å². The Morgan fingerprint density at radius 1 is 1.41 bits per heavy atom. The molecule has 0 aliphatic carbocycles. The molecule has 182 valence electrons. The standard InChI is InChI=1S/C22H25FN4O6S/c1-22(2,30)20(28)26-34(31)9-6-14(7-10-34)17-4-3-15(11-18(17)23)27-13-16(33-21(27)29)12-24-19-5-8-32-25-19/h3-6,8,11,16,30H,7,9-10,12-13H2,1-2H3,(H,24,25)/t16-,34?/m0/s1. The summed E-state index contributed by atoms with van der Waals surface area (Å²) in [5, 5.41) is 16.5. The van der Waals surface area contributed by atoms with Crippen molar-refractivity contribution in [2.24, 2.45) is 4.36 Å². The molecular formula is C22H25FN4O6S. The van der Waals surface area contributed by atoms with E-state index in [-0.39, 0.29) is 24.5 Å². The van der Waals surface area contributed by atoms with Crippen LogP contribution in [0.15, 0.2) is 45.5 Å². The Labute approximate surface area is 195 Å². The summed E-state index contributed by atoms with van der Waals surface area (Å²) in [4.78, 5) is 25.6. The molecule has 10 nitrogen and oxygen atoms in total. The molecular weight excluding hydrogens is 467 g/mol. The molecule has 0 saturated carbocycles. The van der Waals surface area contributed by atoms with Gasteiger partial charge in [-0.05, 0) is 44.0 Å². The molecule has 34 heavy (non-hydrogen) atoms. The van der Waals surface area contributed by atoms with Crippen LogP contribution in [0.5, 0.6) is 0 Å². The minimum absolute atomic E-state index is 0.00992. The van der Waals surface area contributed by atoms with Crippen LogP contribution in [0, 0.1) is 5.82 Å². The number of aromatic nitrogens is 1. The van der Waals surface area contributed by atoms with E-state index in [0.717, 1.165) is 0 Å². The predicted molar refractivity (Wildman–Crippen MR) is 123 cm³/mol. The number of aliphatic hydroxyl groups is 1. The molecule has 2 aromatic rings. The van der Waals surface area contributed by atoms with Gasteiger partial charge in [0.25, 0.3) is 5.91 Å². The highest BCUT2D eigenvalue weighted by molar-refractivity contribution is 7.94. The lowest BCUT2D eigenvalue weighted by Gasteiger charge is -2.20. The fourth-order valence-corrected chi connectivity index (χ4v) is 5.43. The maximum atomic E-state index is 15.0. The summed E-state index contributed by atoms with van der Waals surface area (Å²) >= 11 is 0. The van der Waals surface area contributed by atoms with Crippen LogP contribution >= 0.6 is 0 Å². The van der Waals surface area contributed by atoms with Gasteiger partial charge in [0.05, 0.1) is 34.3 Å². The molecule has 1 aromatic carbocycles. The molecule has 1 unspecified atom stereocenters. The van der Waals surface area contributed by atoms with Gasteiger partial charge < -0.3 is 19.7 Å². The first-order valence-corrected chi connectivity index (χ1v) is 12.5. The van der Waals surface area contributed by atoms with E-state index in [1.54, 1.807) is 24.3 Å². The second-order valence-corrected chi connectivity index (χ2v) is 11.1. The minimum Gasteiger partial charge on any atom is -0.442 e. The molecule has 4 rings (SSSR count). The zero-order chi connectivity index (χ0) is 24.5. The number of cyclic esters (lactones) is 1. The summed E-state index contributed by atoms with van der Waals surface area (Å²) in [6.45, 7) is 3.13. The van der Waals surface area contributed by atoms with Gasteiger partial charge in [0.2, 0.25) is 0 Å². The summed E-state index contributed by atoms with van der Waals surface area (Å²) in [5.41, 5.74) is -0.359. The van der Waals surface area contributed by atoms with Gasteiger partial charge in [-0.3, -0.25) is 9.69 Å². The van der Waals surface area contributed by atoms with E-state index >= 15 is 0 Å². The first-order valence-electron chi connectivity index (χ1n) is 10.6. The van der Waals surface area contributed by atoms with E-state index in [2.05, 4.69) is 14.8 Å². The molecule has 2 amide bonds. The largest absolute Gasteiger partial charge is 0.442 e. The van der Waals surface area contributed by atoms with E-state index in [1.807, 2.05) is 0 Å². The van der Waals surface area contributed by atoms with Crippen LogP contribution in [-0.2, 0) is 19.3 Å². The maximum absolute atomic E-state index is 15.0. The second kappa shape index (κ2) is 9.18. The number of benzene rings is 1. The van der Waals surface area contributed by atoms with Gasteiger partial charge >= 0.3 is 6.09 Å². The van der Waals surface area contributed by atoms with Crippen molar-refractivity contribution in [1.29, 1.82) is 0 Å². The van der Waals surface area contributed by atoms with Gasteiger partial charge in [-0.15, -0.1) is 0 Å². The van der Waals surface area contributed by atoms with E-state index in [0.29, 0.717) is 29.2 Å². The molecule has 1 aromatic heterocycles. The number of allylic oxidation sites excluding steroid dienone is 1. The number of amides is 2. The maximum Gasteiger partial charge on any atom is 0.414 e. The van der Waals surface area contributed by atoms with E-state index in [1.165, 1.54) is 31.1 Å². The number of nitrogens with one attached hydrogen (secondary N) is 1. The van der Waals surface area contributed by atoms with Crippen LogP contribution in [0.25, 0.3) is 5.57 Å². The number of nitrogens with zero attached hydrogens (tertiary/aromatic N) is 3. The third-order valence-electron chi connectivity index (χ3n) is 5.49. The van der Waals surface area contributed by atoms with E-state index in [4.69, 9.17) is 9.26 Å². The zero-order valence-electron chi connectivity index (χ0n) is 18.7. The van der Waals surface area contributed by atoms with Crippen molar-refractivity contribution in [2.45, 2.75) is 32.0 Å². The number of anilines is 2. The number of halogens is 1. The highest BCUT2D eigenvalue weighted by atomic mass is 32.2. The highest BCUT2D eigenvalue weighted by Gasteiger charge is 2.33. The summed E-state index contributed by atoms with van der Waals surface area (Å²) < 4.78 is 41.6. The molecule has 2 aliphatic rings. The molecule has 0 spiro atoms. The van der Waals surface area contributed by atoms with Crippen molar-refractivity contribution in [2.75, 3.05) is 34.8 Å². The first-order chi connectivity index (χ1) is 16.0. The lowest BCUT2D eigenvalue weighted by atomic mass is 10.0. The number of hydrogen-bond donors (Lipinski definition) is 2. The number of carbonyl (C=O) groups is 2. The van der Waals surface area contributed by atoms with Gasteiger partial charge in [0, 0.05) is 17.4 Å². The second-order valence-electron chi connectivity index (χ2n) is 8.62. The Morgan fingerprint density at radius 3 is 2.82 bits per heavy atom. The fourth-order valence-electron chi connectivity index (χ4n) is 3.57. The molecule has 0 bridgehead atoms. The average Bonchev–Trinajstić information content (AvgIpc) is 3.41. The smallest absolute Gasteiger partial charge is 0.414 e. The van der Waals surface area contributed by atoms with Crippen molar-refractivity contribution in [3.8, 4) is 0 Å². The number of ether oxygens (including phenoxy) is 1. The predicted octanol–water partition coefficient (Wildman–Crippen LogP) is 2.80. The molecule has 2 aliphatic heterocycles. The lowest BCUT2D eigenvalue weighted by molar-refractivity contribution is -0.132. The molecule has 1 fully saturated rings. The van der Waals surface area contributed by atoms with Crippen LogP contribution in [0.2, 0.25) is 0 Å². The number of carbonyl (C=O) groups excluding carboxylic acids is 2. The molecule has 0 radical (unpaired) electrons. The monoisotopic (exact) mass is 492 g/mol. The Bertz CT molecular complexity index is 1240. The van der Waals surface area contributed by atoms with Crippen LogP contribution in [0.3, 0.4) is 0 Å². The number of rotatable bonds is 6. The average molecular weight is 493 g/mol. The summed E-state index contributed by atoms with van der Waals surface area (Å²) in [5.74, 6) is -0.771. The molecule has 12 heteroatoms. The van der Waals surface area contributed by atoms with Crippen molar-refractivity contribution in [1.82, 2.24) is 5.16 Å². The van der Waals surface area contributed by atoms with Crippen LogP contribution in [-0.4, -0.2) is 62.8 Å². The normalized spacial score (nSPS) is 22.8. The van der Waals surface area contributed by atoms with Gasteiger partial charge in [-0.2, -0.15) is 4.36 Å². The van der Waals surface area contributed by atoms with Crippen molar-refractivity contribution >= 4 is 38.8 Å². The van der Waals surface area contributed by atoms with Gasteiger partial charge in [-0.1, -0.05) is 11.2 Å². The third kappa shape index (κ3) is 5.28. The van der Waals surface area contributed by atoms with Gasteiger partial charge in [0.1, 0.15) is 23.8 Å². The number of hydrogen-bond acceptors (Lipinski definition) is 8. The Balaban J connectivity index is 1.44. The summed E-state index contributed by atoms with van der Waals surface area (Å²) in [7, 11) is -2.85. The Kier molecular flexibility index (Phi) is 6.45. The van der Waals surface area contributed by atoms with Crippen molar-refractivity contribution in [3.05, 3.63) is 48.0 Å². The summed E-state index contributed by atoms with van der Waals surface area (Å²) in [6, 6.07) is 6.10.